The van der Waals surface area contributed by atoms with E-state index in [2.05, 4.69) is 0 Å². The van der Waals surface area contributed by atoms with E-state index < -0.39 is 33.8 Å². The molecule has 1 aromatic rings. The van der Waals surface area contributed by atoms with Crippen LogP contribution in [0.1, 0.15) is 16.8 Å². The number of carbonyl (C=O) groups is 2. The highest BCUT2D eigenvalue weighted by atomic mass is 127. The van der Waals surface area contributed by atoms with Gasteiger partial charge in [-0.05, 0) is 40.8 Å². The second-order valence-corrected chi connectivity index (χ2v) is 7.40. The zero-order chi connectivity index (χ0) is 15.8. The Balaban J connectivity index is 2.31. The Morgan fingerprint density at radius 2 is 2.14 bits per heavy atom. The van der Waals surface area contributed by atoms with Gasteiger partial charge in [-0.3, -0.25) is 4.79 Å². The summed E-state index contributed by atoms with van der Waals surface area (Å²) >= 11 is 1.95. The van der Waals surface area contributed by atoms with Crippen molar-refractivity contribution in [1.82, 2.24) is 0 Å². The Hall–Kier alpha value is -1.23. The third kappa shape index (κ3) is 3.90. The predicted octanol–water partition coefficient (Wildman–Crippen LogP) is 1.64. The van der Waals surface area contributed by atoms with Crippen LogP contribution in [-0.4, -0.2) is 37.7 Å². The lowest BCUT2D eigenvalue weighted by Crippen LogP contribution is -2.27. The second kappa shape index (κ2) is 5.87. The van der Waals surface area contributed by atoms with Crippen LogP contribution in [-0.2, 0) is 15.0 Å². The number of aromatic carboxylic acids is 1. The van der Waals surface area contributed by atoms with E-state index in [4.69, 9.17) is 0 Å². The van der Waals surface area contributed by atoms with E-state index in [1.54, 1.807) is 6.07 Å². The SMILES string of the molecule is O=C(O)c1cc(I)ccc1N1CC(CS(=O)(=O)F)CC1=O. The lowest BCUT2D eigenvalue weighted by Gasteiger charge is -2.19. The molecule has 1 heterocycles. The predicted molar refractivity (Wildman–Crippen MR) is 81.5 cm³/mol. The monoisotopic (exact) mass is 427 g/mol. The number of hydrogen-bond acceptors (Lipinski definition) is 4. The number of nitrogens with zero attached hydrogens (tertiary/aromatic N) is 1. The van der Waals surface area contributed by atoms with Crippen molar-refractivity contribution >= 4 is 50.4 Å². The van der Waals surface area contributed by atoms with Crippen LogP contribution in [0.3, 0.4) is 0 Å². The van der Waals surface area contributed by atoms with Gasteiger partial charge in [-0.15, -0.1) is 3.89 Å². The zero-order valence-electron chi connectivity index (χ0n) is 10.6. The normalized spacial score (nSPS) is 19.0. The highest BCUT2D eigenvalue weighted by Gasteiger charge is 2.35. The minimum absolute atomic E-state index is 0.0111. The molecule has 1 saturated heterocycles. The quantitative estimate of drug-likeness (QED) is 0.583. The number of hydrogen-bond donors (Lipinski definition) is 1. The van der Waals surface area contributed by atoms with E-state index >= 15 is 0 Å². The number of amides is 1. The minimum Gasteiger partial charge on any atom is -0.478 e. The van der Waals surface area contributed by atoms with Crippen LogP contribution in [0.15, 0.2) is 18.2 Å². The lowest BCUT2D eigenvalue weighted by molar-refractivity contribution is -0.117. The van der Waals surface area contributed by atoms with Crippen LogP contribution in [0.4, 0.5) is 9.57 Å². The molecule has 1 unspecified atom stereocenters. The fraction of sp³-hybridized carbons (Fsp3) is 0.333. The Bertz CT molecular complexity index is 706. The maximum atomic E-state index is 12.7. The highest BCUT2D eigenvalue weighted by Crippen LogP contribution is 2.30. The summed E-state index contributed by atoms with van der Waals surface area (Å²) in [5, 5.41) is 9.19. The molecule has 9 heteroatoms. The Morgan fingerprint density at radius 1 is 1.48 bits per heavy atom. The summed E-state index contributed by atoms with van der Waals surface area (Å²) in [6, 6.07) is 4.56. The fourth-order valence-corrected chi connectivity index (χ4v) is 3.60. The topological polar surface area (TPSA) is 91.8 Å². The summed E-state index contributed by atoms with van der Waals surface area (Å²) < 4.78 is 34.7. The third-order valence-electron chi connectivity index (χ3n) is 3.12. The Labute approximate surface area is 134 Å². The van der Waals surface area contributed by atoms with Crippen LogP contribution in [0.2, 0.25) is 0 Å². The molecule has 0 saturated carbocycles. The average molecular weight is 427 g/mol. The van der Waals surface area contributed by atoms with Crippen molar-refractivity contribution in [2.24, 2.45) is 5.92 Å². The largest absolute Gasteiger partial charge is 0.478 e. The standard InChI is InChI=1S/C12H11FINO5S/c13-21(19,20)6-7-3-11(16)15(5-7)10-2-1-8(14)4-9(10)12(17)18/h1-2,4,7H,3,5-6H2,(H,17,18). The smallest absolute Gasteiger partial charge is 0.337 e. The molecule has 0 spiro atoms. The van der Waals surface area contributed by atoms with E-state index in [1.165, 1.54) is 17.0 Å². The van der Waals surface area contributed by atoms with E-state index in [0.29, 0.717) is 3.57 Å². The van der Waals surface area contributed by atoms with Gasteiger partial charge in [-0.25, -0.2) is 4.79 Å². The third-order valence-corrected chi connectivity index (χ3v) is 4.66. The first kappa shape index (κ1) is 16.1. The van der Waals surface area contributed by atoms with Gasteiger partial charge < -0.3 is 10.0 Å². The Kier molecular flexibility index (Phi) is 4.51. The maximum absolute atomic E-state index is 12.7. The van der Waals surface area contributed by atoms with Gasteiger partial charge in [0.2, 0.25) is 5.91 Å². The molecule has 0 bridgehead atoms. The van der Waals surface area contributed by atoms with Gasteiger partial charge in [0.1, 0.15) is 0 Å². The molecule has 0 radical (unpaired) electrons. The molecule has 0 aromatic heterocycles. The lowest BCUT2D eigenvalue weighted by atomic mass is 10.1. The molecule has 0 aliphatic carbocycles. The van der Waals surface area contributed by atoms with Crippen molar-refractivity contribution in [3.05, 3.63) is 27.3 Å². The molecule has 1 amide bonds. The molecule has 1 aromatic carbocycles. The van der Waals surface area contributed by atoms with Gasteiger partial charge in [0.05, 0.1) is 17.0 Å². The molecule has 1 aliphatic rings. The maximum Gasteiger partial charge on any atom is 0.337 e. The summed E-state index contributed by atoms with van der Waals surface area (Å²) in [6.45, 7) is -0.0111. The minimum atomic E-state index is -4.67. The number of carboxylic acid groups (broad SMARTS) is 1. The van der Waals surface area contributed by atoms with Crippen molar-refractivity contribution in [3.63, 3.8) is 0 Å². The van der Waals surface area contributed by atoms with Gasteiger partial charge in [0.25, 0.3) is 0 Å². The number of halogens is 2. The first-order valence-electron chi connectivity index (χ1n) is 5.93. The van der Waals surface area contributed by atoms with Crippen LogP contribution in [0.5, 0.6) is 0 Å². The molecule has 1 atom stereocenters. The Morgan fingerprint density at radius 3 is 2.71 bits per heavy atom. The molecule has 2 rings (SSSR count). The molecule has 114 valence electrons. The van der Waals surface area contributed by atoms with Crippen molar-refractivity contribution in [2.75, 3.05) is 17.2 Å². The first-order valence-corrected chi connectivity index (χ1v) is 8.56. The molecular formula is C12H11FINO5S. The zero-order valence-corrected chi connectivity index (χ0v) is 13.6. The van der Waals surface area contributed by atoms with E-state index in [-0.39, 0.29) is 24.2 Å². The van der Waals surface area contributed by atoms with Gasteiger partial charge in [0.15, 0.2) is 0 Å². The number of carboxylic acids is 1. The summed E-state index contributed by atoms with van der Waals surface area (Å²) in [5.41, 5.74) is 0.158. The second-order valence-electron chi connectivity index (χ2n) is 4.75. The summed E-state index contributed by atoms with van der Waals surface area (Å²) in [4.78, 5) is 24.4. The van der Waals surface area contributed by atoms with Crippen LogP contribution >= 0.6 is 22.6 Å². The van der Waals surface area contributed by atoms with Gasteiger partial charge in [-0.2, -0.15) is 8.42 Å². The van der Waals surface area contributed by atoms with Crippen molar-refractivity contribution in [3.8, 4) is 0 Å². The van der Waals surface area contributed by atoms with Crippen molar-refractivity contribution < 1.29 is 27.0 Å². The fourth-order valence-electron chi connectivity index (χ4n) is 2.32. The van der Waals surface area contributed by atoms with E-state index in [9.17, 15) is 27.0 Å². The van der Waals surface area contributed by atoms with Crippen LogP contribution in [0.25, 0.3) is 0 Å². The van der Waals surface area contributed by atoms with Gasteiger partial charge >= 0.3 is 16.2 Å². The molecule has 1 aliphatic heterocycles. The van der Waals surface area contributed by atoms with Crippen LogP contribution in [0, 0.1) is 9.49 Å². The number of anilines is 1. The number of carbonyl (C=O) groups excluding carboxylic acids is 1. The van der Waals surface area contributed by atoms with Crippen LogP contribution < -0.4 is 4.90 Å². The summed E-state index contributed by atoms with van der Waals surface area (Å²) in [6.07, 6.45) is -0.117. The average Bonchev–Trinajstić information content (AvgIpc) is 2.67. The van der Waals surface area contributed by atoms with Crippen molar-refractivity contribution in [1.29, 1.82) is 0 Å². The number of benzene rings is 1. The van der Waals surface area contributed by atoms with E-state index in [1.807, 2.05) is 22.6 Å². The van der Waals surface area contributed by atoms with Gasteiger partial charge in [0, 0.05) is 22.5 Å². The van der Waals surface area contributed by atoms with E-state index in [0.717, 1.165) is 0 Å². The molecule has 6 nitrogen and oxygen atoms in total. The summed E-state index contributed by atoms with van der Waals surface area (Å²) in [5.74, 6) is -3.00. The first-order chi connectivity index (χ1) is 9.67. The van der Waals surface area contributed by atoms with Gasteiger partial charge in [-0.1, -0.05) is 0 Å². The highest BCUT2D eigenvalue weighted by molar-refractivity contribution is 14.1. The van der Waals surface area contributed by atoms with Crippen molar-refractivity contribution in [2.45, 2.75) is 6.42 Å². The molecule has 1 N–H and O–H groups in total. The molecule has 1 fully saturated rings. The molecule has 21 heavy (non-hydrogen) atoms. The number of rotatable bonds is 4. The molecular weight excluding hydrogens is 416 g/mol. The summed E-state index contributed by atoms with van der Waals surface area (Å²) in [7, 11) is -4.67.